The number of aliphatic hydroxyl groups is 2. The summed E-state index contributed by atoms with van der Waals surface area (Å²) < 4.78 is 12.8. The zero-order valence-corrected chi connectivity index (χ0v) is 10.2. The van der Waals surface area contributed by atoms with Crippen molar-refractivity contribution in [3.8, 4) is 0 Å². The van der Waals surface area contributed by atoms with E-state index in [2.05, 4.69) is 4.90 Å². The Kier molecular flexibility index (Phi) is 2.88. The molecule has 1 aromatic rings. The first-order valence-electron chi connectivity index (χ1n) is 6.38. The number of halogens is 1. The van der Waals surface area contributed by atoms with Crippen LogP contribution in [-0.4, -0.2) is 41.4 Å². The van der Waals surface area contributed by atoms with Gasteiger partial charge in [-0.05, 0) is 29.5 Å². The Morgan fingerprint density at radius 2 is 1.67 bits per heavy atom. The summed E-state index contributed by atoms with van der Waals surface area (Å²) in [6.45, 7) is 2.83. The van der Waals surface area contributed by atoms with E-state index in [9.17, 15) is 14.6 Å². The maximum absolute atomic E-state index is 12.8. The van der Waals surface area contributed by atoms with Gasteiger partial charge in [0, 0.05) is 25.0 Å². The van der Waals surface area contributed by atoms with E-state index in [1.165, 1.54) is 12.1 Å². The first kappa shape index (κ1) is 12.1. The minimum Gasteiger partial charge on any atom is -0.396 e. The summed E-state index contributed by atoms with van der Waals surface area (Å²) in [6, 6.07) is 6.59. The quantitative estimate of drug-likeness (QED) is 0.834. The van der Waals surface area contributed by atoms with Crippen LogP contribution in [-0.2, 0) is 6.54 Å². The molecule has 3 rings (SSSR count). The number of benzene rings is 1. The van der Waals surface area contributed by atoms with Gasteiger partial charge in [-0.25, -0.2) is 4.39 Å². The van der Waals surface area contributed by atoms with Crippen molar-refractivity contribution in [2.75, 3.05) is 26.3 Å². The number of nitrogens with zero attached hydrogens (tertiary/aromatic N) is 1. The molecule has 18 heavy (non-hydrogen) atoms. The topological polar surface area (TPSA) is 43.7 Å². The molecule has 1 heterocycles. The zero-order valence-electron chi connectivity index (χ0n) is 10.2. The average Bonchev–Trinajstić information content (AvgIpc) is 2.76. The average molecular weight is 251 g/mol. The molecule has 0 spiro atoms. The SMILES string of the molecule is OCC1(CO)C2CN(Cc3ccc(F)cc3)CC21. The van der Waals surface area contributed by atoms with Crippen molar-refractivity contribution in [3.63, 3.8) is 0 Å². The summed E-state index contributed by atoms with van der Waals surface area (Å²) in [4.78, 5) is 2.31. The second-order valence-electron chi connectivity index (χ2n) is 5.58. The van der Waals surface area contributed by atoms with E-state index in [0.29, 0.717) is 11.8 Å². The molecule has 1 aliphatic heterocycles. The third-order valence-corrected chi connectivity index (χ3v) is 4.67. The van der Waals surface area contributed by atoms with E-state index in [4.69, 9.17) is 0 Å². The van der Waals surface area contributed by atoms with E-state index >= 15 is 0 Å². The fourth-order valence-corrected chi connectivity index (χ4v) is 3.42. The normalized spacial score (nSPS) is 29.3. The van der Waals surface area contributed by atoms with E-state index in [0.717, 1.165) is 25.2 Å². The molecule has 2 atom stereocenters. The smallest absolute Gasteiger partial charge is 0.123 e. The lowest BCUT2D eigenvalue weighted by atomic mass is 10.0. The Bertz CT molecular complexity index is 416. The van der Waals surface area contributed by atoms with E-state index < -0.39 is 0 Å². The highest BCUT2D eigenvalue weighted by atomic mass is 19.1. The molecular weight excluding hydrogens is 233 g/mol. The molecule has 2 fully saturated rings. The molecule has 1 saturated heterocycles. The molecule has 0 bridgehead atoms. The van der Waals surface area contributed by atoms with Crippen molar-refractivity contribution < 1.29 is 14.6 Å². The number of hydrogen-bond donors (Lipinski definition) is 2. The number of hydrogen-bond acceptors (Lipinski definition) is 3. The van der Waals surface area contributed by atoms with Gasteiger partial charge in [0.25, 0.3) is 0 Å². The highest BCUT2D eigenvalue weighted by Crippen LogP contribution is 2.62. The molecule has 2 N–H and O–H groups in total. The molecule has 2 aliphatic rings. The van der Waals surface area contributed by atoms with Crippen molar-refractivity contribution in [1.29, 1.82) is 0 Å². The van der Waals surface area contributed by atoms with Crippen molar-refractivity contribution in [2.24, 2.45) is 17.3 Å². The Morgan fingerprint density at radius 1 is 1.11 bits per heavy atom. The molecule has 4 heteroatoms. The Labute approximate surface area is 106 Å². The summed E-state index contributed by atoms with van der Waals surface area (Å²) in [7, 11) is 0. The number of likely N-dealkylation sites (tertiary alicyclic amines) is 1. The minimum atomic E-state index is -0.223. The second-order valence-corrected chi connectivity index (χ2v) is 5.58. The summed E-state index contributed by atoms with van der Waals surface area (Å²) in [5.74, 6) is 0.642. The molecule has 3 nitrogen and oxygen atoms in total. The van der Waals surface area contributed by atoms with E-state index in [1.54, 1.807) is 0 Å². The van der Waals surface area contributed by atoms with Gasteiger partial charge in [-0.15, -0.1) is 0 Å². The van der Waals surface area contributed by atoms with Gasteiger partial charge < -0.3 is 10.2 Å². The Hall–Kier alpha value is -0.970. The van der Waals surface area contributed by atoms with Gasteiger partial charge in [0.15, 0.2) is 0 Å². The van der Waals surface area contributed by atoms with Crippen LogP contribution in [0, 0.1) is 23.1 Å². The molecule has 1 aromatic carbocycles. The fourth-order valence-electron chi connectivity index (χ4n) is 3.42. The maximum Gasteiger partial charge on any atom is 0.123 e. The standard InChI is InChI=1S/C14H18FNO2/c15-11-3-1-10(2-4-11)5-16-6-12-13(7-16)14(12,8-17)9-18/h1-4,12-13,17-18H,5-9H2. The van der Waals surface area contributed by atoms with Crippen molar-refractivity contribution >= 4 is 0 Å². The largest absolute Gasteiger partial charge is 0.396 e. The predicted molar refractivity (Wildman–Crippen MR) is 65.3 cm³/mol. The van der Waals surface area contributed by atoms with Crippen molar-refractivity contribution in [2.45, 2.75) is 6.54 Å². The zero-order chi connectivity index (χ0) is 12.8. The fraction of sp³-hybridized carbons (Fsp3) is 0.571. The third kappa shape index (κ3) is 1.76. The van der Waals surface area contributed by atoms with Gasteiger partial charge in [0.2, 0.25) is 0 Å². The van der Waals surface area contributed by atoms with Gasteiger partial charge in [0.05, 0.1) is 13.2 Å². The monoisotopic (exact) mass is 251 g/mol. The molecule has 98 valence electrons. The number of piperidine rings is 1. The van der Waals surface area contributed by atoms with Gasteiger partial charge in [-0.2, -0.15) is 0 Å². The van der Waals surface area contributed by atoms with E-state index in [-0.39, 0.29) is 24.4 Å². The third-order valence-electron chi connectivity index (χ3n) is 4.67. The minimum absolute atomic E-state index is 0.0865. The van der Waals surface area contributed by atoms with Crippen LogP contribution in [0.1, 0.15) is 5.56 Å². The molecule has 1 saturated carbocycles. The molecule has 1 aliphatic carbocycles. The van der Waals surface area contributed by atoms with Crippen LogP contribution in [0.4, 0.5) is 4.39 Å². The molecule has 0 aromatic heterocycles. The van der Waals surface area contributed by atoms with Crippen LogP contribution in [0.2, 0.25) is 0 Å². The molecular formula is C14H18FNO2. The van der Waals surface area contributed by atoms with Gasteiger partial charge in [-0.1, -0.05) is 12.1 Å². The molecule has 2 unspecified atom stereocenters. The van der Waals surface area contributed by atoms with Crippen LogP contribution >= 0.6 is 0 Å². The lowest BCUT2D eigenvalue weighted by Crippen LogP contribution is -2.31. The maximum atomic E-state index is 12.8. The first-order chi connectivity index (χ1) is 8.69. The van der Waals surface area contributed by atoms with Crippen LogP contribution in [0.25, 0.3) is 0 Å². The summed E-state index contributed by atoms with van der Waals surface area (Å²) in [6.07, 6.45) is 0. The Morgan fingerprint density at radius 3 is 2.17 bits per heavy atom. The van der Waals surface area contributed by atoms with Crippen LogP contribution < -0.4 is 0 Å². The number of rotatable bonds is 4. The highest BCUT2D eigenvalue weighted by molar-refractivity contribution is 5.19. The predicted octanol–water partition coefficient (Wildman–Crippen LogP) is 0.858. The van der Waals surface area contributed by atoms with Gasteiger partial charge in [-0.3, -0.25) is 4.90 Å². The number of fused-ring (bicyclic) bond motifs is 1. The first-order valence-corrected chi connectivity index (χ1v) is 6.38. The van der Waals surface area contributed by atoms with Crippen molar-refractivity contribution in [1.82, 2.24) is 4.90 Å². The van der Waals surface area contributed by atoms with Crippen LogP contribution in [0.5, 0.6) is 0 Å². The van der Waals surface area contributed by atoms with Crippen LogP contribution in [0.3, 0.4) is 0 Å². The highest BCUT2D eigenvalue weighted by Gasteiger charge is 2.67. The van der Waals surface area contributed by atoms with Gasteiger partial charge >= 0.3 is 0 Å². The van der Waals surface area contributed by atoms with Crippen LogP contribution in [0.15, 0.2) is 24.3 Å². The summed E-state index contributed by atoms with van der Waals surface area (Å²) >= 11 is 0. The lowest BCUT2D eigenvalue weighted by Gasteiger charge is -2.24. The second kappa shape index (κ2) is 4.30. The summed E-state index contributed by atoms with van der Waals surface area (Å²) in [5, 5.41) is 18.7. The molecule has 0 amide bonds. The summed E-state index contributed by atoms with van der Waals surface area (Å²) in [5.41, 5.74) is 0.885. The van der Waals surface area contributed by atoms with E-state index in [1.807, 2.05) is 12.1 Å². The van der Waals surface area contributed by atoms with Crippen molar-refractivity contribution in [3.05, 3.63) is 35.6 Å². The van der Waals surface area contributed by atoms with Gasteiger partial charge in [0.1, 0.15) is 5.82 Å². The Balaban J connectivity index is 1.58. The molecule has 0 radical (unpaired) electrons. The lowest BCUT2D eigenvalue weighted by molar-refractivity contribution is 0.0869. The number of aliphatic hydroxyl groups excluding tert-OH is 2.